The SMILES string of the molecule is COc1cccc(C(C)NS(=O)(=O)c2cc(C)c(Cl)cc2C)c1. The first-order chi connectivity index (χ1) is 10.7. The van der Waals surface area contributed by atoms with E-state index in [1.807, 2.05) is 24.3 Å². The largest absolute Gasteiger partial charge is 0.497 e. The number of rotatable bonds is 5. The van der Waals surface area contributed by atoms with Gasteiger partial charge in [0.15, 0.2) is 0 Å². The van der Waals surface area contributed by atoms with Crippen molar-refractivity contribution in [2.75, 3.05) is 7.11 Å². The van der Waals surface area contributed by atoms with Gasteiger partial charge in [-0.3, -0.25) is 0 Å². The van der Waals surface area contributed by atoms with Gasteiger partial charge in [-0.1, -0.05) is 23.7 Å². The highest BCUT2D eigenvalue weighted by molar-refractivity contribution is 7.89. The highest BCUT2D eigenvalue weighted by Crippen LogP contribution is 2.26. The van der Waals surface area contributed by atoms with Gasteiger partial charge in [-0.05, 0) is 61.7 Å². The van der Waals surface area contributed by atoms with Crippen molar-refractivity contribution < 1.29 is 13.2 Å². The summed E-state index contributed by atoms with van der Waals surface area (Å²) >= 11 is 6.04. The molecule has 0 aromatic heterocycles. The fraction of sp³-hybridized carbons (Fsp3) is 0.294. The lowest BCUT2D eigenvalue weighted by atomic mass is 10.1. The molecule has 0 aliphatic heterocycles. The fourth-order valence-corrected chi connectivity index (χ4v) is 4.08. The molecule has 0 spiro atoms. The summed E-state index contributed by atoms with van der Waals surface area (Å²) in [6.07, 6.45) is 0. The summed E-state index contributed by atoms with van der Waals surface area (Å²) in [5, 5.41) is 0.558. The molecule has 0 bridgehead atoms. The molecule has 0 heterocycles. The summed E-state index contributed by atoms with van der Waals surface area (Å²) in [6.45, 7) is 5.31. The Balaban J connectivity index is 2.32. The molecule has 0 aliphatic carbocycles. The van der Waals surface area contributed by atoms with Crippen LogP contribution in [0.25, 0.3) is 0 Å². The highest BCUT2D eigenvalue weighted by Gasteiger charge is 2.21. The average molecular weight is 354 g/mol. The van der Waals surface area contributed by atoms with Crippen molar-refractivity contribution in [3.63, 3.8) is 0 Å². The van der Waals surface area contributed by atoms with Crippen LogP contribution in [-0.4, -0.2) is 15.5 Å². The van der Waals surface area contributed by atoms with Crippen LogP contribution in [0.15, 0.2) is 41.3 Å². The smallest absolute Gasteiger partial charge is 0.241 e. The minimum absolute atomic E-state index is 0.245. The Bertz CT molecular complexity index is 819. The zero-order chi connectivity index (χ0) is 17.2. The quantitative estimate of drug-likeness (QED) is 0.883. The van der Waals surface area contributed by atoms with E-state index in [1.54, 1.807) is 40.0 Å². The second kappa shape index (κ2) is 6.91. The first kappa shape index (κ1) is 17.8. The van der Waals surface area contributed by atoms with Crippen molar-refractivity contribution >= 4 is 21.6 Å². The molecule has 0 saturated carbocycles. The van der Waals surface area contributed by atoms with Crippen LogP contribution >= 0.6 is 11.6 Å². The van der Waals surface area contributed by atoms with E-state index < -0.39 is 10.0 Å². The van der Waals surface area contributed by atoms with Gasteiger partial charge in [-0.2, -0.15) is 0 Å². The normalized spacial score (nSPS) is 12.9. The minimum atomic E-state index is -3.65. The van der Waals surface area contributed by atoms with Crippen molar-refractivity contribution in [1.82, 2.24) is 4.72 Å². The van der Waals surface area contributed by atoms with Gasteiger partial charge >= 0.3 is 0 Å². The zero-order valence-corrected chi connectivity index (χ0v) is 15.1. The molecule has 0 aliphatic rings. The van der Waals surface area contributed by atoms with Crippen LogP contribution in [0.3, 0.4) is 0 Å². The Labute approximate surface area is 142 Å². The van der Waals surface area contributed by atoms with Crippen LogP contribution in [0.1, 0.15) is 29.7 Å². The molecule has 2 aromatic carbocycles. The topological polar surface area (TPSA) is 55.4 Å². The van der Waals surface area contributed by atoms with E-state index in [4.69, 9.17) is 16.3 Å². The molecule has 1 unspecified atom stereocenters. The Kier molecular flexibility index (Phi) is 5.34. The zero-order valence-electron chi connectivity index (χ0n) is 13.6. The molecule has 6 heteroatoms. The summed E-state index contributed by atoms with van der Waals surface area (Å²) in [5.41, 5.74) is 2.17. The Hall–Kier alpha value is -1.56. The molecular weight excluding hydrogens is 334 g/mol. The third-order valence-electron chi connectivity index (χ3n) is 3.67. The van der Waals surface area contributed by atoms with Gasteiger partial charge in [0.2, 0.25) is 10.0 Å². The Morgan fingerprint density at radius 2 is 1.83 bits per heavy atom. The van der Waals surface area contributed by atoms with Crippen molar-refractivity contribution in [2.45, 2.75) is 31.7 Å². The molecule has 0 radical (unpaired) electrons. The van der Waals surface area contributed by atoms with Gasteiger partial charge in [-0.15, -0.1) is 0 Å². The average Bonchev–Trinajstić information content (AvgIpc) is 2.50. The summed E-state index contributed by atoms with van der Waals surface area (Å²) in [6, 6.07) is 10.2. The second-order valence-electron chi connectivity index (χ2n) is 5.49. The number of ether oxygens (including phenoxy) is 1. The molecule has 0 amide bonds. The summed E-state index contributed by atoms with van der Waals surface area (Å²) < 4.78 is 33.2. The van der Waals surface area contributed by atoms with Crippen LogP contribution in [0.5, 0.6) is 5.75 Å². The number of methoxy groups -OCH3 is 1. The molecule has 2 aromatic rings. The van der Waals surface area contributed by atoms with E-state index in [1.165, 1.54) is 0 Å². The fourth-order valence-electron chi connectivity index (χ4n) is 2.32. The lowest BCUT2D eigenvalue weighted by Crippen LogP contribution is -2.27. The molecule has 1 atom stereocenters. The lowest BCUT2D eigenvalue weighted by Gasteiger charge is -2.17. The molecule has 2 rings (SSSR count). The second-order valence-corrected chi connectivity index (χ2v) is 7.58. The standard InChI is InChI=1S/C17H20ClNO3S/c1-11-9-17(12(2)8-16(11)18)23(20,21)19-13(3)14-6-5-7-15(10-14)22-4/h5-10,13,19H,1-4H3. The predicted molar refractivity (Wildman–Crippen MR) is 92.7 cm³/mol. The minimum Gasteiger partial charge on any atom is -0.497 e. The lowest BCUT2D eigenvalue weighted by molar-refractivity contribution is 0.413. The number of nitrogens with one attached hydrogen (secondary N) is 1. The molecule has 1 N–H and O–H groups in total. The van der Waals surface area contributed by atoms with Crippen LogP contribution in [0, 0.1) is 13.8 Å². The Morgan fingerprint density at radius 1 is 1.13 bits per heavy atom. The van der Waals surface area contributed by atoms with Gasteiger partial charge < -0.3 is 4.74 Å². The molecule has 4 nitrogen and oxygen atoms in total. The van der Waals surface area contributed by atoms with Crippen LogP contribution < -0.4 is 9.46 Å². The summed E-state index contributed by atoms with van der Waals surface area (Å²) in [7, 11) is -2.07. The summed E-state index contributed by atoms with van der Waals surface area (Å²) in [4.78, 5) is 0.245. The highest BCUT2D eigenvalue weighted by atomic mass is 35.5. The first-order valence-corrected chi connectivity index (χ1v) is 9.03. The van der Waals surface area contributed by atoms with E-state index in [0.29, 0.717) is 16.3 Å². The van der Waals surface area contributed by atoms with Gasteiger partial charge in [0.25, 0.3) is 0 Å². The molecule has 124 valence electrons. The van der Waals surface area contributed by atoms with Crippen molar-refractivity contribution in [2.24, 2.45) is 0 Å². The third-order valence-corrected chi connectivity index (χ3v) is 5.76. The van der Waals surface area contributed by atoms with E-state index >= 15 is 0 Å². The maximum Gasteiger partial charge on any atom is 0.241 e. The van der Waals surface area contributed by atoms with E-state index in [-0.39, 0.29) is 10.9 Å². The van der Waals surface area contributed by atoms with Crippen LogP contribution in [0.2, 0.25) is 5.02 Å². The number of benzene rings is 2. The predicted octanol–water partition coefficient (Wildman–Crippen LogP) is 4.00. The van der Waals surface area contributed by atoms with Crippen molar-refractivity contribution in [3.8, 4) is 5.75 Å². The van der Waals surface area contributed by atoms with Crippen LogP contribution in [-0.2, 0) is 10.0 Å². The van der Waals surface area contributed by atoms with Crippen LogP contribution in [0.4, 0.5) is 0 Å². The van der Waals surface area contributed by atoms with Gasteiger partial charge in [0.05, 0.1) is 12.0 Å². The van der Waals surface area contributed by atoms with Crippen molar-refractivity contribution in [3.05, 3.63) is 58.1 Å². The number of sulfonamides is 1. The van der Waals surface area contributed by atoms with E-state index in [2.05, 4.69) is 4.72 Å². The molecular formula is C17H20ClNO3S. The number of hydrogen-bond donors (Lipinski definition) is 1. The number of aryl methyl sites for hydroxylation is 2. The molecule has 0 saturated heterocycles. The van der Waals surface area contributed by atoms with Gasteiger partial charge in [-0.25, -0.2) is 13.1 Å². The van der Waals surface area contributed by atoms with E-state index in [0.717, 1.165) is 11.1 Å². The molecule has 23 heavy (non-hydrogen) atoms. The summed E-state index contributed by atoms with van der Waals surface area (Å²) in [5.74, 6) is 0.687. The third kappa shape index (κ3) is 4.05. The monoisotopic (exact) mass is 353 g/mol. The maximum absolute atomic E-state index is 12.7. The first-order valence-electron chi connectivity index (χ1n) is 7.17. The number of hydrogen-bond acceptors (Lipinski definition) is 3. The van der Waals surface area contributed by atoms with E-state index in [9.17, 15) is 8.42 Å². The number of halogens is 1. The maximum atomic E-state index is 12.7. The Morgan fingerprint density at radius 3 is 2.48 bits per heavy atom. The van der Waals surface area contributed by atoms with Gasteiger partial charge in [0.1, 0.15) is 5.75 Å². The molecule has 0 fully saturated rings. The van der Waals surface area contributed by atoms with Crippen molar-refractivity contribution in [1.29, 1.82) is 0 Å². The van der Waals surface area contributed by atoms with Gasteiger partial charge in [0, 0.05) is 11.1 Å².